The molecule has 0 aromatic heterocycles. The number of rotatable bonds is 16. The van der Waals surface area contributed by atoms with E-state index in [2.05, 4.69) is 45.0 Å². The number of ether oxygens (including phenoxy) is 3. The molecule has 0 bridgehead atoms. The number of hydrogen-bond donors (Lipinski definition) is 0. The number of benzene rings is 3. The number of carbonyl (C=O) groups is 2. The molecule has 0 saturated carbocycles. The van der Waals surface area contributed by atoms with E-state index in [4.69, 9.17) is 14.2 Å². The van der Waals surface area contributed by atoms with Crippen LogP contribution in [0.3, 0.4) is 0 Å². The second-order valence-corrected chi connectivity index (χ2v) is 10.3. The average Bonchev–Trinajstić information content (AvgIpc) is 2.94. The van der Waals surface area contributed by atoms with Gasteiger partial charge in [-0.05, 0) is 78.3 Å². The van der Waals surface area contributed by atoms with Crippen LogP contribution in [-0.4, -0.2) is 25.2 Å². The van der Waals surface area contributed by atoms with Crippen LogP contribution in [0.5, 0.6) is 11.5 Å². The Kier molecular flexibility index (Phi) is 12.6. The molecule has 3 aromatic carbocycles. The summed E-state index contributed by atoms with van der Waals surface area (Å²) < 4.78 is 16.6. The number of hydrogen-bond acceptors (Lipinski definition) is 5. The molecule has 0 N–H and O–H groups in total. The first kappa shape index (κ1) is 29.9. The van der Waals surface area contributed by atoms with Gasteiger partial charge in [0, 0.05) is 6.42 Å². The fraction of sp³-hybridized carbons (Fsp3) is 0.412. The van der Waals surface area contributed by atoms with Gasteiger partial charge < -0.3 is 14.2 Å². The van der Waals surface area contributed by atoms with Crippen LogP contribution in [0.1, 0.15) is 81.6 Å². The third kappa shape index (κ3) is 11.0. The van der Waals surface area contributed by atoms with E-state index in [9.17, 15) is 9.59 Å². The lowest BCUT2D eigenvalue weighted by atomic mass is 10.0. The molecular weight excluding hydrogens is 488 g/mol. The number of carbonyl (C=O) groups excluding carboxylic acids is 2. The minimum absolute atomic E-state index is 0.267. The molecule has 0 fully saturated rings. The second-order valence-electron chi connectivity index (χ2n) is 10.3. The third-order valence-corrected chi connectivity index (χ3v) is 6.53. The highest BCUT2D eigenvalue weighted by Gasteiger charge is 2.10. The molecule has 0 aliphatic rings. The highest BCUT2D eigenvalue weighted by Crippen LogP contribution is 2.24. The van der Waals surface area contributed by atoms with Crippen LogP contribution in [0.25, 0.3) is 11.1 Å². The van der Waals surface area contributed by atoms with Gasteiger partial charge in [-0.2, -0.15) is 0 Å². The van der Waals surface area contributed by atoms with Crippen molar-refractivity contribution in [3.63, 3.8) is 0 Å². The Labute approximate surface area is 233 Å². The van der Waals surface area contributed by atoms with Gasteiger partial charge in [-0.15, -0.1) is 0 Å². The Morgan fingerprint density at radius 2 is 1.33 bits per heavy atom. The van der Waals surface area contributed by atoms with E-state index in [1.165, 1.54) is 25.7 Å². The average molecular weight is 531 g/mol. The van der Waals surface area contributed by atoms with Crippen LogP contribution < -0.4 is 9.47 Å². The summed E-state index contributed by atoms with van der Waals surface area (Å²) >= 11 is 0. The fourth-order valence-corrected chi connectivity index (χ4v) is 4.06. The van der Waals surface area contributed by atoms with Gasteiger partial charge in [0.2, 0.25) is 0 Å². The lowest BCUT2D eigenvalue weighted by molar-refractivity contribution is -0.134. The SMILES string of the molecule is CCCCCCCOc1ccc(-c2ccc(CCC(=O)Oc3ccc(C(=O)OCCC(C)C)cc3)cc2)cc1. The number of aryl methyl sites for hydroxylation is 1. The zero-order chi connectivity index (χ0) is 27.9. The maximum atomic E-state index is 12.3. The van der Waals surface area contributed by atoms with E-state index in [1.54, 1.807) is 24.3 Å². The van der Waals surface area contributed by atoms with E-state index in [1.807, 2.05) is 24.3 Å². The van der Waals surface area contributed by atoms with Crippen molar-refractivity contribution in [1.82, 2.24) is 0 Å². The minimum Gasteiger partial charge on any atom is -0.494 e. The standard InChI is InChI=1S/C34H42O5/c1-4-5-6-7-8-24-37-31-18-14-29(15-19-31)28-12-9-27(10-13-28)11-22-33(35)39-32-20-16-30(17-21-32)34(36)38-25-23-26(2)3/h9-10,12-21,26H,4-8,11,22-25H2,1-3H3. The van der Waals surface area contributed by atoms with Crippen molar-refractivity contribution in [2.45, 2.75) is 72.1 Å². The normalized spacial score (nSPS) is 10.9. The molecule has 0 radical (unpaired) electrons. The molecule has 0 unspecified atom stereocenters. The minimum atomic E-state index is -0.366. The molecule has 0 aliphatic heterocycles. The Morgan fingerprint density at radius 1 is 0.718 bits per heavy atom. The molecule has 0 heterocycles. The predicted molar refractivity (Wildman–Crippen MR) is 156 cm³/mol. The predicted octanol–water partition coefficient (Wildman–Crippen LogP) is 8.44. The van der Waals surface area contributed by atoms with Gasteiger partial charge in [0.1, 0.15) is 11.5 Å². The van der Waals surface area contributed by atoms with E-state index in [0.717, 1.165) is 41.9 Å². The number of esters is 2. The molecule has 0 spiro atoms. The summed E-state index contributed by atoms with van der Waals surface area (Å²) in [5, 5.41) is 0. The summed E-state index contributed by atoms with van der Waals surface area (Å²) in [6, 6.07) is 22.9. The Morgan fingerprint density at radius 3 is 1.97 bits per heavy atom. The van der Waals surface area contributed by atoms with Gasteiger partial charge in [-0.25, -0.2) is 4.79 Å². The molecule has 0 saturated heterocycles. The largest absolute Gasteiger partial charge is 0.494 e. The van der Waals surface area contributed by atoms with Crippen LogP contribution in [0.4, 0.5) is 0 Å². The van der Waals surface area contributed by atoms with Crippen molar-refractivity contribution in [3.05, 3.63) is 83.9 Å². The van der Waals surface area contributed by atoms with Gasteiger partial charge in [-0.3, -0.25) is 4.79 Å². The fourth-order valence-electron chi connectivity index (χ4n) is 4.06. The van der Waals surface area contributed by atoms with Crippen molar-refractivity contribution in [2.24, 2.45) is 5.92 Å². The topological polar surface area (TPSA) is 61.8 Å². The molecular formula is C34H42O5. The van der Waals surface area contributed by atoms with Gasteiger partial charge in [-0.1, -0.05) is 82.9 Å². The van der Waals surface area contributed by atoms with Crippen molar-refractivity contribution in [2.75, 3.05) is 13.2 Å². The summed E-state index contributed by atoms with van der Waals surface area (Å²) in [7, 11) is 0. The van der Waals surface area contributed by atoms with Crippen LogP contribution in [0, 0.1) is 5.92 Å². The molecule has 208 valence electrons. The smallest absolute Gasteiger partial charge is 0.338 e. The van der Waals surface area contributed by atoms with Crippen molar-refractivity contribution in [1.29, 1.82) is 0 Å². The number of unbranched alkanes of at least 4 members (excludes halogenated alkanes) is 4. The summed E-state index contributed by atoms with van der Waals surface area (Å²) in [5.41, 5.74) is 3.76. The summed E-state index contributed by atoms with van der Waals surface area (Å²) in [6.45, 7) is 7.55. The van der Waals surface area contributed by atoms with Gasteiger partial charge in [0.25, 0.3) is 0 Å². The molecule has 3 aromatic rings. The van der Waals surface area contributed by atoms with Crippen LogP contribution in [-0.2, 0) is 16.0 Å². The summed E-state index contributed by atoms with van der Waals surface area (Å²) in [4.78, 5) is 24.4. The van der Waals surface area contributed by atoms with Gasteiger partial charge in [0.05, 0.1) is 18.8 Å². The van der Waals surface area contributed by atoms with Crippen molar-refractivity contribution < 1.29 is 23.8 Å². The Hall–Kier alpha value is -3.60. The van der Waals surface area contributed by atoms with Crippen LogP contribution >= 0.6 is 0 Å². The first-order valence-corrected chi connectivity index (χ1v) is 14.2. The summed E-state index contributed by atoms with van der Waals surface area (Å²) in [6.07, 6.45) is 7.83. The van der Waals surface area contributed by atoms with E-state index in [0.29, 0.717) is 30.3 Å². The molecule has 5 nitrogen and oxygen atoms in total. The first-order chi connectivity index (χ1) is 18.9. The van der Waals surface area contributed by atoms with Gasteiger partial charge in [0.15, 0.2) is 0 Å². The molecule has 3 rings (SSSR count). The second kappa shape index (κ2) is 16.4. The lowest BCUT2D eigenvalue weighted by Crippen LogP contribution is -2.10. The third-order valence-electron chi connectivity index (χ3n) is 6.53. The highest BCUT2D eigenvalue weighted by molar-refractivity contribution is 5.89. The van der Waals surface area contributed by atoms with E-state index >= 15 is 0 Å². The van der Waals surface area contributed by atoms with E-state index in [-0.39, 0.29) is 18.4 Å². The van der Waals surface area contributed by atoms with Crippen LogP contribution in [0.15, 0.2) is 72.8 Å². The van der Waals surface area contributed by atoms with Gasteiger partial charge >= 0.3 is 11.9 Å². The van der Waals surface area contributed by atoms with E-state index < -0.39 is 0 Å². The quantitative estimate of drug-likeness (QED) is 0.106. The van der Waals surface area contributed by atoms with Crippen LogP contribution in [0.2, 0.25) is 0 Å². The van der Waals surface area contributed by atoms with Crippen molar-refractivity contribution in [3.8, 4) is 22.6 Å². The molecule has 0 atom stereocenters. The Bertz CT molecular complexity index is 1130. The zero-order valence-electron chi connectivity index (χ0n) is 23.6. The van der Waals surface area contributed by atoms with Crippen molar-refractivity contribution >= 4 is 11.9 Å². The first-order valence-electron chi connectivity index (χ1n) is 14.2. The highest BCUT2D eigenvalue weighted by atomic mass is 16.5. The maximum Gasteiger partial charge on any atom is 0.338 e. The summed E-state index contributed by atoms with van der Waals surface area (Å²) in [5.74, 6) is 1.12. The maximum absolute atomic E-state index is 12.3. The Balaban J connectivity index is 1.40. The lowest BCUT2D eigenvalue weighted by Gasteiger charge is -2.09. The molecule has 39 heavy (non-hydrogen) atoms. The monoisotopic (exact) mass is 530 g/mol. The molecule has 0 aliphatic carbocycles. The molecule has 5 heteroatoms. The zero-order valence-corrected chi connectivity index (χ0v) is 23.6. The molecule has 0 amide bonds.